The van der Waals surface area contributed by atoms with E-state index < -0.39 is 0 Å². The predicted octanol–water partition coefficient (Wildman–Crippen LogP) is 2.98. The smallest absolute Gasteiger partial charge is 0.226 e. The van der Waals surface area contributed by atoms with E-state index in [1.54, 1.807) is 12.1 Å². The molecule has 1 aliphatic heterocycles. The summed E-state index contributed by atoms with van der Waals surface area (Å²) in [7, 11) is 0. The monoisotopic (exact) mass is 300 g/mol. The molecule has 1 aliphatic rings. The summed E-state index contributed by atoms with van der Waals surface area (Å²) in [5.41, 5.74) is 0.926. The van der Waals surface area contributed by atoms with Crippen LogP contribution < -0.4 is 0 Å². The Morgan fingerprint density at radius 1 is 1.50 bits per heavy atom. The van der Waals surface area contributed by atoms with Crippen molar-refractivity contribution in [2.45, 2.75) is 38.8 Å². The number of likely N-dealkylation sites (tertiary alicyclic amines) is 1. The lowest BCUT2D eigenvalue weighted by Crippen LogP contribution is -2.24. The van der Waals surface area contributed by atoms with E-state index in [-0.39, 0.29) is 11.9 Å². The van der Waals surface area contributed by atoms with Gasteiger partial charge in [-0.3, -0.25) is 4.90 Å². The highest BCUT2D eigenvalue weighted by Gasteiger charge is 2.30. The minimum Gasteiger partial charge on any atom is -0.339 e. The van der Waals surface area contributed by atoms with Crippen LogP contribution in [0.4, 0.5) is 4.39 Å². The second-order valence-electron chi connectivity index (χ2n) is 5.45. The third-order valence-corrected chi connectivity index (χ3v) is 4.00. The Labute approximate surface area is 128 Å². The SMILES string of the molecule is CCc1nc([C@H]2CCCN2Cc2ccc(C#N)cc2F)no1. The third-order valence-electron chi connectivity index (χ3n) is 4.00. The highest BCUT2D eigenvalue weighted by atomic mass is 19.1. The zero-order valence-corrected chi connectivity index (χ0v) is 12.4. The molecule has 22 heavy (non-hydrogen) atoms. The zero-order chi connectivity index (χ0) is 15.5. The number of rotatable bonds is 4. The molecular formula is C16H17FN4O. The second-order valence-corrected chi connectivity index (χ2v) is 5.45. The van der Waals surface area contributed by atoms with Gasteiger partial charge in [0.05, 0.1) is 17.7 Å². The largest absolute Gasteiger partial charge is 0.339 e. The molecule has 0 aliphatic carbocycles. The molecule has 114 valence electrons. The van der Waals surface area contributed by atoms with Gasteiger partial charge in [-0.15, -0.1) is 0 Å². The molecule has 6 heteroatoms. The molecule has 1 atom stereocenters. The minimum atomic E-state index is -0.341. The van der Waals surface area contributed by atoms with Gasteiger partial charge in [0.15, 0.2) is 5.82 Å². The highest BCUT2D eigenvalue weighted by Crippen LogP contribution is 2.32. The first kappa shape index (κ1) is 14.7. The van der Waals surface area contributed by atoms with Crippen molar-refractivity contribution in [2.75, 3.05) is 6.54 Å². The summed E-state index contributed by atoms with van der Waals surface area (Å²) in [5, 5.41) is 12.8. The van der Waals surface area contributed by atoms with Crippen molar-refractivity contribution >= 4 is 0 Å². The molecule has 5 nitrogen and oxygen atoms in total. The number of halogens is 1. The van der Waals surface area contributed by atoms with Gasteiger partial charge < -0.3 is 4.52 Å². The standard InChI is InChI=1S/C16H17FN4O/c1-2-15-19-16(20-22-15)14-4-3-7-21(14)10-12-6-5-11(9-18)8-13(12)17/h5-6,8,14H,2-4,7,10H2,1H3/t14-/m1/s1. The minimum absolute atomic E-state index is 0.0686. The Morgan fingerprint density at radius 3 is 3.05 bits per heavy atom. The lowest BCUT2D eigenvalue weighted by molar-refractivity contribution is 0.231. The van der Waals surface area contributed by atoms with Gasteiger partial charge in [0.2, 0.25) is 5.89 Å². The molecule has 0 spiro atoms. The first-order chi connectivity index (χ1) is 10.7. The maximum atomic E-state index is 14.1. The fourth-order valence-electron chi connectivity index (χ4n) is 2.82. The van der Waals surface area contributed by atoms with Crippen LogP contribution in [0, 0.1) is 17.1 Å². The van der Waals surface area contributed by atoms with Gasteiger partial charge in [-0.1, -0.05) is 18.1 Å². The summed E-state index contributed by atoms with van der Waals surface area (Å²) in [6.07, 6.45) is 2.68. The summed E-state index contributed by atoms with van der Waals surface area (Å²) in [5.74, 6) is 0.974. The Balaban J connectivity index is 1.78. The summed E-state index contributed by atoms with van der Waals surface area (Å²) in [4.78, 5) is 6.56. The normalized spacial score (nSPS) is 18.5. The Bertz CT molecular complexity index is 706. The molecule has 2 aromatic rings. The van der Waals surface area contributed by atoms with Crippen LogP contribution in [0.5, 0.6) is 0 Å². The summed E-state index contributed by atoms with van der Waals surface area (Å²) in [6.45, 7) is 3.33. The van der Waals surface area contributed by atoms with E-state index in [0.29, 0.717) is 35.8 Å². The summed E-state index contributed by atoms with van der Waals surface area (Å²) >= 11 is 0. The third kappa shape index (κ3) is 2.85. The van der Waals surface area contributed by atoms with E-state index in [2.05, 4.69) is 15.0 Å². The molecule has 0 amide bonds. The van der Waals surface area contributed by atoms with Crippen molar-refractivity contribution in [1.82, 2.24) is 15.0 Å². The average molecular weight is 300 g/mol. The topological polar surface area (TPSA) is 66.0 Å². The van der Waals surface area contributed by atoms with Crippen molar-refractivity contribution in [3.63, 3.8) is 0 Å². The number of aryl methyl sites for hydroxylation is 1. The fourth-order valence-corrected chi connectivity index (χ4v) is 2.82. The molecule has 1 saturated heterocycles. The maximum absolute atomic E-state index is 14.1. The molecule has 3 rings (SSSR count). The lowest BCUT2D eigenvalue weighted by atomic mass is 10.1. The quantitative estimate of drug-likeness (QED) is 0.868. The van der Waals surface area contributed by atoms with Crippen LogP contribution in [0.3, 0.4) is 0 Å². The van der Waals surface area contributed by atoms with Crippen LogP contribution in [0.15, 0.2) is 22.7 Å². The van der Waals surface area contributed by atoms with Crippen molar-refractivity contribution in [1.29, 1.82) is 5.26 Å². The van der Waals surface area contributed by atoms with E-state index in [1.807, 2.05) is 13.0 Å². The van der Waals surface area contributed by atoms with Crippen molar-refractivity contribution in [3.8, 4) is 6.07 Å². The fraction of sp³-hybridized carbons (Fsp3) is 0.438. The Kier molecular flexibility index (Phi) is 4.16. The van der Waals surface area contributed by atoms with Gasteiger partial charge in [-0.25, -0.2) is 4.39 Å². The molecule has 0 N–H and O–H groups in total. The van der Waals surface area contributed by atoms with Gasteiger partial charge in [-0.05, 0) is 31.5 Å². The number of benzene rings is 1. The molecule has 1 fully saturated rings. The molecule has 0 unspecified atom stereocenters. The van der Waals surface area contributed by atoms with Crippen LogP contribution in [0.25, 0.3) is 0 Å². The Morgan fingerprint density at radius 2 is 2.36 bits per heavy atom. The van der Waals surface area contributed by atoms with Gasteiger partial charge in [0.25, 0.3) is 0 Å². The van der Waals surface area contributed by atoms with Gasteiger partial charge in [0, 0.05) is 18.5 Å². The van der Waals surface area contributed by atoms with Crippen LogP contribution >= 0.6 is 0 Å². The molecule has 0 bridgehead atoms. The van der Waals surface area contributed by atoms with E-state index in [4.69, 9.17) is 9.78 Å². The number of aromatic nitrogens is 2. The molecule has 2 heterocycles. The predicted molar refractivity (Wildman–Crippen MR) is 77.2 cm³/mol. The van der Waals surface area contributed by atoms with Crippen LogP contribution in [0.1, 0.15) is 48.6 Å². The Hall–Kier alpha value is -2.26. The first-order valence-corrected chi connectivity index (χ1v) is 7.46. The highest BCUT2D eigenvalue weighted by molar-refractivity contribution is 5.33. The van der Waals surface area contributed by atoms with Gasteiger partial charge >= 0.3 is 0 Å². The molecular weight excluding hydrogens is 283 g/mol. The molecule has 1 aromatic carbocycles. The number of hydrogen-bond donors (Lipinski definition) is 0. The van der Waals surface area contributed by atoms with Gasteiger partial charge in [0.1, 0.15) is 5.82 Å². The van der Waals surface area contributed by atoms with Crippen molar-refractivity contribution in [2.24, 2.45) is 0 Å². The molecule has 0 saturated carbocycles. The second kappa shape index (κ2) is 6.24. The van der Waals surface area contributed by atoms with Gasteiger partial charge in [-0.2, -0.15) is 10.2 Å². The number of hydrogen-bond acceptors (Lipinski definition) is 5. The number of nitriles is 1. The van der Waals surface area contributed by atoms with Crippen LogP contribution in [0.2, 0.25) is 0 Å². The lowest BCUT2D eigenvalue weighted by Gasteiger charge is -2.22. The first-order valence-electron chi connectivity index (χ1n) is 7.46. The van der Waals surface area contributed by atoms with E-state index in [0.717, 1.165) is 19.4 Å². The maximum Gasteiger partial charge on any atom is 0.226 e. The summed E-state index contributed by atoms with van der Waals surface area (Å²) < 4.78 is 19.2. The van der Waals surface area contributed by atoms with E-state index in [9.17, 15) is 4.39 Å². The van der Waals surface area contributed by atoms with Crippen molar-refractivity contribution in [3.05, 3.63) is 46.9 Å². The molecule has 1 aromatic heterocycles. The average Bonchev–Trinajstić information content (AvgIpc) is 3.17. The van der Waals surface area contributed by atoms with Crippen LogP contribution in [-0.4, -0.2) is 21.6 Å². The molecule has 0 radical (unpaired) electrons. The van der Waals surface area contributed by atoms with E-state index in [1.165, 1.54) is 6.07 Å². The van der Waals surface area contributed by atoms with Crippen molar-refractivity contribution < 1.29 is 8.91 Å². The summed E-state index contributed by atoms with van der Waals surface area (Å²) in [6, 6.07) is 6.62. The number of nitrogens with zero attached hydrogens (tertiary/aromatic N) is 4. The zero-order valence-electron chi connectivity index (χ0n) is 12.4. The van der Waals surface area contributed by atoms with E-state index >= 15 is 0 Å². The van der Waals surface area contributed by atoms with Crippen LogP contribution in [-0.2, 0) is 13.0 Å².